The van der Waals surface area contributed by atoms with Gasteiger partial charge in [0.15, 0.2) is 5.13 Å². The molecule has 2 unspecified atom stereocenters. The molecule has 2 N–H and O–H groups in total. The van der Waals surface area contributed by atoms with Crippen molar-refractivity contribution in [1.29, 1.82) is 0 Å². The fourth-order valence-corrected chi connectivity index (χ4v) is 6.55. The Morgan fingerprint density at radius 3 is 2.59 bits per heavy atom. The Morgan fingerprint density at radius 2 is 1.91 bits per heavy atom. The van der Waals surface area contributed by atoms with Crippen LogP contribution in [0.4, 0.5) is 13.9 Å². The molecule has 9 heteroatoms. The van der Waals surface area contributed by atoms with Crippen molar-refractivity contribution >= 4 is 32.6 Å². The van der Waals surface area contributed by atoms with Crippen LogP contribution in [0.1, 0.15) is 55.3 Å². The number of rotatable bonds is 6. The molecule has 32 heavy (non-hydrogen) atoms. The number of carbonyl (C=O) groups is 1. The standard InChI is InChI=1S/C23H30F2N4O2S/c24-23(25)8-6-16(7-9-23)26-21(31)15-2-5-19-20(12-15)32-22(27-19)29-17-3-4-18(29)14-28(13-17)10-1-11-30/h2,5,12,16-18,30H,1,3-4,6-11,13-14H2,(H,26,31). The summed E-state index contributed by atoms with van der Waals surface area (Å²) in [7, 11) is 0. The third kappa shape index (κ3) is 4.47. The maximum atomic E-state index is 13.4. The number of benzene rings is 1. The molecule has 1 aliphatic carbocycles. The molecule has 3 heterocycles. The quantitative estimate of drug-likeness (QED) is 0.683. The highest BCUT2D eigenvalue weighted by atomic mass is 32.1. The van der Waals surface area contributed by atoms with E-state index in [1.807, 2.05) is 12.1 Å². The Balaban J connectivity index is 1.27. The number of nitrogens with one attached hydrogen (secondary N) is 1. The number of nitrogens with zero attached hydrogens (tertiary/aromatic N) is 3. The van der Waals surface area contributed by atoms with Crippen LogP contribution in [-0.2, 0) is 0 Å². The van der Waals surface area contributed by atoms with Crippen molar-refractivity contribution < 1.29 is 18.7 Å². The molecule has 1 saturated carbocycles. The van der Waals surface area contributed by atoms with Gasteiger partial charge in [-0.3, -0.25) is 9.69 Å². The lowest BCUT2D eigenvalue weighted by molar-refractivity contribution is -0.0399. The third-order valence-electron chi connectivity index (χ3n) is 7.10. The molecule has 1 aromatic carbocycles. The molecular formula is C23H30F2N4O2S. The number of fused-ring (bicyclic) bond motifs is 3. The second kappa shape index (κ2) is 8.83. The van der Waals surface area contributed by atoms with Gasteiger partial charge in [0.05, 0.1) is 10.2 Å². The first-order valence-corrected chi connectivity index (χ1v) is 12.4. The number of anilines is 1. The summed E-state index contributed by atoms with van der Waals surface area (Å²) in [5.74, 6) is -2.79. The van der Waals surface area contributed by atoms with Crippen LogP contribution in [-0.4, -0.2) is 71.2 Å². The minimum Gasteiger partial charge on any atom is -0.396 e. The monoisotopic (exact) mass is 464 g/mol. The van der Waals surface area contributed by atoms with Gasteiger partial charge in [-0.05, 0) is 50.3 Å². The van der Waals surface area contributed by atoms with E-state index in [-0.39, 0.29) is 31.4 Å². The predicted octanol–water partition coefficient (Wildman–Crippen LogP) is 3.64. The fourth-order valence-electron chi connectivity index (χ4n) is 5.40. The summed E-state index contributed by atoms with van der Waals surface area (Å²) >= 11 is 1.62. The lowest BCUT2D eigenvalue weighted by Gasteiger charge is -2.41. The third-order valence-corrected chi connectivity index (χ3v) is 8.13. The lowest BCUT2D eigenvalue weighted by Crippen LogP contribution is -2.54. The molecular weight excluding hydrogens is 434 g/mol. The van der Waals surface area contributed by atoms with Crippen molar-refractivity contribution in [3.63, 3.8) is 0 Å². The van der Waals surface area contributed by atoms with Gasteiger partial charge >= 0.3 is 0 Å². The summed E-state index contributed by atoms with van der Waals surface area (Å²) in [5, 5.41) is 13.1. The molecule has 5 rings (SSSR count). The van der Waals surface area contributed by atoms with Crippen molar-refractivity contribution in [2.24, 2.45) is 0 Å². The van der Waals surface area contributed by atoms with E-state index in [2.05, 4.69) is 15.1 Å². The summed E-state index contributed by atoms with van der Waals surface area (Å²) in [6.07, 6.45) is 3.44. The van der Waals surface area contributed by atoms with Gasteiger partial charge < -0.3 is 15.3 Å². The molecule has 2 aromatic rings. The van der Waals surface area contributed by atoms with Crippen molar-refractivity contribution in [2.75, 3.05) is 31.1 Å². The Morgan fingerprint density at radius 1 is 1.19 bits per heavy atom. The molecule has 2 atom stereocenters. The van der Waals surface area contributed by atoms with E-state index in [1.165, 1.54) is 0 Å². The zero-order chi connectivity index (χ0) is 22.3. The molecule has 2 saturated heterocycles. The van der Waals surface area contributed by atoms with Gasteiger partial charge in [0.25, 0.3) is 5.91 Å². The smallest absolute Gasteiger partial charge is 0.251 e. The maximum Gasteiger partial charge on any atom is 0.251 e. The zero-order valence-corrected chi connectivity index (χ0v) is 18.9. The van der Waals surface area contributed by atoms with Gasteiger partial charge in [0.1, 0.15) is 0 Å². The van der Waals surface area contributed by atoms with Crippen molar-refractivity contribution in [3.05, 3.63) is 23.8 Å². The largest absolute Gasteiger partial charge is 0.396 e. The number of alkyl halides is 2. The predicted molar refractivity (Wildman–Crippen MR) is 122 cm³/mol. The maximum absolute atomic E-state index is 13.4. The number of aliphatic hydroxyl groups is 1. The zero-order valence-electron chi connectivity index (χ0n) is 18.1. The van der Waals surface area contributed by atoms with Crippen LogP contribution in [0.2, 0.25) is 0 Å². The molecule has 1 amide bonds. The van der Waals surface area contributed by atoms with E-state index < -0.39 is 5.92 Å². The molecule has 174 valence electrons. The average molecular weight is 465 g/mol. The number of aliphatic hydroxyl groups excluding tert-OH is 1. The SMILES string of the molecule is O=C(NC1CCC(F)(F)CC1)c1ccc2nc(N3C4CCC3CN(CCCO)C4)sc2c1. The summed E-state index contributed by atoms with van der Waals surface area (Å²) in [5.41, 5.74) is 1.45. The molecule has 3 aliphatic rings. The lowest BCUT2D eigenvalue weighted by atomic mass is 9.92. The number of likely N-dealkylation sites (tertiary alicyclic amines) is 1. The number of halogens is 2. The molecule has 2 aliphatic heterocycles. The fraction of sp³-hybridized carbons (Fsp3) is 0.652. The minimum atomic E-state index is -2.59. The van der Waals surface area contributed by atoms with E-state index in [0.29, 0.717) is 30.5 Å². The minimum absolute atomic E-state index is 0.162. The molecule has 6 nitrogen and oxygen atoms in total. The number of thiazole rings is 1. The average Bonchev–Trinajstić information content (AvgIpc) is 3.30. The van der Waals surface area contributed by atoms with E-state index in [0.717, 1.165) is 54.2 Å². The first-order chi connectivity index (χ1) is 15.4. The van der Waals surface area contributed by atoms with Crippen LogP contribution in [0.15, 0.2) is 18.2 Å². The molecule has 3 fully saturated rings. The second-order valence-corrected chi connectivity index (χ2v) is 10.4. The topological polar surface area (TPSA) is 68.7 Å². The summed E-state index contributed by atoms with van der Waals surface area (Å²) in [6.45, 7) is 3.17. The van der Waals surface area contributed by atoms with Gasteiger partial charge in [-0.2, -0.15) is 0 Å². The van der Waals surface area contributed by atoms with Crippen LogP contribution in [0, 0.1) is 0 Å². The van der Waals surface area contributed by atoms with Crippen LogP contribution in [0.5, 0.6) is 0 Å². The number of carbonyl (C=O) groups excluding carboxylic acids is 1. The van der Waals surface area contributed by atoms with Gasteiger partial charge in [-0.1, -0.05) is 11.3 Å². The van der Waals surface area contributed by atoms with E-state index in [4.69, 9.17) is 10.1 Å². The van der Waals surface area contributed by atoms with E-state index in [1.54, 1.807) is 17.4 Å². The first kappa shape index (κ1) is 22.0. The van der Waals surface area contributed by atoms with Crippen LogP contribution in [0.3, 0.4) is 0 Å². The summed E-state index contributed by atoms with van der Waals surface area (Å²) < 4.78 is 27.7. The number of hydrogen-bond donors (Lipinski definition) is 2. The van der Waals surface area contributed by atoms with Gasteiger partial charge in [0, 0.05) is 62.8 Å². The molecule has 0 spiro atoms. The van der Waals surface area contributed by atoms with Gasteiger partial charge in [0.2, 0.25) is 5.92 Å². The Kier molecular flexibility index (Phi) is 6.07. The summed E-state index contributed by atoms with van der Waals surface area (Å²) in [6, 6.07) is 6.24. The van der Waals surface area contributed by atoms with Crippen molar-refractivity contribution in [3.8, 4) is 0 Å². The Hall–Kier alpha value is -1.84. The number of aromatic nitrogens is 1. The van der Waals surface area contributed by atoms with Crippen LogP contribution in [0.25, 0.3) is 10.2 Å². The number of hydrogen-bond acceptors (Lipinski definition) is 6. The molecule has 0 radical (unpaired) electrons. The number of amides is 1. The normalized spacial score (nSPS) is 26.0. The Labute approximate surface area is 190 Å². The van der Waals surface area contributed by atoms with Crippen LogP contribution < -0.4 is 10.2 Å². The highest BCUT2D eigenvalue weighted by Crippen LogP contribution is 2.39. The molecule has 1 aromatic heterocycles. The summed E-state index contributed by atoms with van der Waals surface area (Å²) in [4.78, 5) is 22.5. The van der Waals surface area contributed by atoms with Gasteiger partial charge in [-0.25, -0.2) is 13.8 Å². The first-order valence-electron chi connectivity index (χ1n) is 11.6. The number of piperazine rings is 1. The Bertz CT molecular complexity index is 960. The van der Waals surface area contributed by atoms with Crippen LogP contribution >= 0.6 is 11.3 Å². The van der Waals surface area contributed by atoms with E-state index in [9.17, 15) is 13.6 Å². The van der Waals surface area contributed by atoms with Gasteiger partial charge in [-0.15, -0.1) is 0 Å². The molecule has 2 bridgehead atoms. The highest BCUT2D eigenvalue weighted by molar-refractivity contribution is 7.22. The van der Waals surface area contributed by atoms with E-state index >= 15 is 0 Å². The van der Waals surface area contributed by atoms with Crippen molar-refractivity contribution in [2.45, 2.75) is 69.0 Å². The highest BCUT2D eigenvalue weighted by Gasteiger charge is 2.41. The second-order valence-electron chi connectivity index (χ2n) is 9.41. The van der Waals surface area contributed by atoms with Crippen molar-refractivity contribution in [1.82, 2.24) is 15.2 Å².